The number of carbonyl (C=O) groups is 3. The molecule has 1 aromatic rings. The highest BCUT2D eigenvalue weighted by molar-refractivity contribution is 6.23. The fourth-order valence-corrected chi connectivity index (χ4v) is 1.44. The minimum Gasteiger partial charge on any atom is -0.298 e. The van der Waals surface area contributed by atoms with Gasteiger partial charge in [-0.3, -0.25) is 14.4 Å². The molecule has 0 saturated heterocycles. The van der Waals surface area contributed by atoms with Gasteiger partial charge in [-0.05, 0) is 6.07 Å². The summed E-state index contributed by atoms with van der Waals surface area (Å²) in [5.41, 5.74) is 0. The van der Waals surface area contributed by atoms with Crippen LogP contribution in [0.3, 0.4) is 0 Å². The van der Waals surface area contributed by atoms with Crippen molar-refractivity contribution in [2.45, 2.75) is 26.7 Å². The Labute approximate surface area is 99.3 Å². The average molecular weight is 234 g/mol. The second kappa shape index (κ2) is 5.98. The predicted molar refractivity (Wildman–Crippen MR) is 60.4 cm³/mol. The topological polar surface area (TPSA) is 77.0 Å². The maximum atomic E-state index is 12.0. The van der Waals surface area contributed by atoms with Crippen molar-refractivity contribution in [2.75, 3.05) is 0 Å². The van der Waals surface area contributed by atoms with E-state index in [4.69, 9.17) is 0 Å². The third kappa shape index (κ3) is 3.03. The number of carbonyl (C=O) groups excluding carboxylic acids is 3. The van der Waals surface area contributed by atoms with Crippen molar-refractivity contribution < 1.29 is 14.4 Å². The highest BCUT2D eigenvalue weighted by Crippen LogP contribution is 2.11. The summed E-state index contributed by atoms with van der Waals surface area (Å²) in [7, 11) is 0. The fourth-order valence-electron chi connectivity index (χ4n) is 1.44. The van der Waals surface area contributed by atoms with Crippen molar-refractivity contribution in [1.29, 1.82) is 0 Å². The summed E-state index contributed by atoms with van der Waals surface area (Å²) < 4.78 is 0. The van der Waals surface area contributed by atoms with E-state index >= 15 is 0 Å². The Hall–Kier alpha value is -1.91. The molecule has 1 heterocycles. The van der Waals surface area contributed by atoms with E-state index in [2.05, 4.69) is 9.97 Å². The number of hydrogen-bond acceptors (Lipinski definition) is 5. The Kier molecular flexibility index (Phi) is 4.63. The summed E-state index contributed by atoms with van der Waals surface area (Å²) in [6.45, 7) is 3.24. The molecule has 0 atom stereocenters. The molecule has 5 nitrogen and oxygen atoms in total. The second-order valence-electron chi connectivity index (χ2n) is 3.51. The van der Waals surface area contributed by atoms with Gasteiger partial charge in [0.25, 0.3) is 0 Å². The third-order valence-corrected chi connectivity index (χ3v) is 2.39. The van der Waals surface area contributed by atoms with Gasteiger partial charge < -0.3 is 0 Å². The molecule has 0 aromatic carbocycles. The maximum absolute atomic E-state index is 12.0. The van der Waals surface area contributed by atoms with E-state index in [1.165, 1.54) is 12.4 Å². The molecule has 0 N–H and O–H groups in total. The lowest BCUT2D eigenvalue weighted by Crippen LogP contribution is -2.32. The minimum atomic E-state index is -1.24. The van der Waals surface area contributed by atoms with Crippen molar-refractivity contribution in [3.63, 3.8) is 0 Å². The van der Waals surface area contributed by atoms with Crippen LogP contribution in [0.2, 0.25) is 0 Å². The molecule has 1 aromatic heterocycles. The van der Waals surface area contributed by atoms with Gasteiger partial charge in [0.05, 0.1) is 0 Å². The molecular formula is C12H14N2O3. The fraction of sp³-hybridized carbons (Fsp3) is 0.417. The summed E-state index contributed by atoms with van der Waals surface area (Å²) in [6, 6.07) is 1.56. The first-order valence-corrected chi connectivity index (χ1v) is 5.48. The smallest absolute Gasteiger partial charge is 0.217 e. The van der Waals surface area contributed by atoms with E-state index in [0.29, 0.717) is 0 Å². The van der Waals surface area contributed by atoms with Crippen LogP contribution in [0.4, 0.5) is 0 Å². The van der Waals surface area contributed by atoms with Gasteiger partial charge in [-0.15, -0.1) is 0 Å². The summed E-state index contributed by atoms with van der Waals surface area (Å²) in [6.07, 6.45) is 3.11. The molecule has 0 aliphatic heterocycles. The minimum absolute atomic E-state index is 0.0823. The molecule has 0 spiro atoms. The standard InChI is InChI=1S/C12H14N2O3/c1-3-8(15)10(9(16)4-2)11(17)12-13-6-5-7-14-12/h5-7,10H,3-4H2,1-2H3. The van der Waals surface area contributed by atoms with Gasteiger partial charge in [-0.25, -0.2) is 9.97 Å². The van der Waals surface area contributed by atoms with Crippen molar-refractivity contribution in [1.82, 2.24) is 9.97 Å². The van der Waals surface area contributed by atoms with E-state index in [9.17, 15) is 14.4 Å². The molecule has 0 amide bonds. The highest BCUT2D eigenvalue weighted by Gasteiger charge is 2.33. The lowest BCUT2D eigenvalue weighted by molar-refractivity contribution is -0.130. The van der Waals surface area contributed by atoms with Gasteiger partial charge in [-0.2, -0.15) is 0 Å². The van der Waals surface area contributed by atoms with Crippen LogP contribution in [-0.2, 0) is 9.59 Å². The molecule has 0 aliphatic carbocycles. The van der Waals surface area contributed by atoms with Gasteiger partial charge in [0.2, 0.25) is 5.78 Å². The van der Waals surface area contributed by atoms with Gasteiger partial charge >= 0.3 is 0 Å². The third-order valence-electron chi connectivity index (χ3n) is 2.39. The van der Waals surface area contributed by atoms with Gasteiger partial charge in [0.1, 0.15) is 5.92 Å². The molecule has 0 bridgehead atoms. The maximum Gasteiger partial charge on any atom is 0.217 e. The second-order valence-corrected chi connectivity index (χ2v) is 3.51. The first-order valence-electron chi connectivity index (χ1n) is 5.48. The first kappa shape index (κ1) is 13.2. The van der Waals surface area contributed by atoms with Crippen molar-refractivity contribution in [2.24, 2.45) is 5.92 Å². The number of rotatable bonds is 6. The quantitative estimate of drug-likeness (QED) is 0.546. The predicted octanol–water partition coefficient (Wildman–Crippen LogP) is 1.23. The van der Waals surface area contributed by atoms with E-state index < -0.39 is 11.7 Å². The summed E-state index contributed by atoms with van der Waals surface area (Å²) in [4.78, 5) is 42.8. The molecule has 0 radical (unpaired) electrons. The van der Waals surface area contributed by atoms with Crippen LogP contribution in [0.5, 0.6) is 0 Å². The molecule has 0 fully saturated rings. The van der Waals surface area contributed by atoms with Crippen LogP contribution in [0.25, 0.3) is 0 Å². The van der Waals surface area contributed by atoms with Crippen LogP contribution in [0.15, 0.2) is 18.5 Å². The zero-order valence-electron chi connectivity index (χ0n) is 9.84. The summed E-state index contributed by atoms with van der Waals surface area (Å²) in [5, 5.41) is 0. The highest BCUT2D eigenvalue weighted by atomic mass is 16.2. The lowest BCUT2D eigenvalue weighted by Gasteiger charge is -2.10. The molecule has 1 rings (SSSR count). The molecule has 0 saturated carbocycles. The SMILES string of the molecule is CCC(=O)C(C(=O)CC)C(=O)c1ncccn1. The monoisotopic (exact) mass is 234 g/mol. The lowest BCUT2D eigenvalue weighted by atomic mass is 9.91. The van der Waals surface area contributed by atoms with Crippen LogP contribution in [0, 0.1) is 5.92 Å². The van der Waals surface area contributed by atoms with Crippen LogP contribution < -0.4 is 0 Å². The van der Waals surface area contributed by atoms with Crippen LogP contribution in [-0.4, -0.2) is 27.3 Å². The normalized spacial score (nSPS) is 10.3. The van der Waals surface area contributed by atoms with E-state index in [-0.39, 0.29) is 30.2 Å². The number of ketones is 3. The van der Waals surface area contributed by atoms with Crippen molar-refractivity contribution in [3.05, 3.63) is 24.3 Å². The summed E-state index contributed by atoms with van der Waals surface area (Å²) >= 11 is 0. The van der Waals surface area contributed by atoms with Crippen LogP contribution >= 0.6 is 0 Å². The number of hydrogen-bond donors (Lipinski definition) is 0. The molecule has 5 heteroatoms. The van der Waals surface area contributed by atoms with Gasteiger partial charge in [0.15, 0.2) is 17.4 Å². The Morgan fingerprint density at radius 2 is 1.53 bits per heavy atom. The van der Waals surface area contributed by atoms with Crippen molar-refractivity contribution in [3.8, 4) is 0 Å². The molecule has 0 unspecified atom stereocenters. The Morgan fingerprint density at radius 1 is 1.06 bits per heavy atom. The molecular weight excluding hydrogens is 220 g/mol. The first-order chi connectivity index (χ1) is 8.11. The van der Waals surface area contributed by atoms with E-state index in [1.807, 2.05) is 0 Å². The molecule has 0 aliphatic rings. The van der Waals surface area contributed by atoms with Crippen molar-refractivity contribution >= 4 is 17.3 Å². The Morgan fingerprint density at radius 3 is 1.94 bits per heavy atom. The van der Waals surface area contributed by atoms with E-state index in [1.54, 1.807) is 19.9 Å². The molecule has 17 heavy (non-hydrogen) atoms. The number of Topliss-reactive ketones (excluding diaryl/α,β-unsaturated/α-hetero) is 3. The average Bonchev–Trinajstić information content (AvgIpc) is 2.39. The van der Waals surface area contributed by atoms with Crippen LogP contribution in [0.1, 0.15) is 37.3 Å². The summed E-state index contributed by atoms with van der Waals surface area (Å²) in [5.74, 6) is -2.69. The van der Waals surface area contributed by atoms with Gasteiger partial charge in [-0.1, -0.05) is 13.8 Å². The van der Waals surface area contributed by atoms with Gasteiger partial charge in [0, 0.05) is 25.2 Å². The molecule has 90 valence electrons. The largest absolute Gasteiger partial charge is 0.298 e. The zero-order chi connectivity index (χ0) is 12.8. The Balaban J connectivity index is 3.03. The zero-order valence-corrected chi connectivity index (χ0v) is 9.84. The number of aromatic nitrogens is 2. The Bertz CT molecular complexity index is 413. The number of nitrogens with zero attached hydrogens (tertiary/aromatic N) is 2. The van der Waals surface area contributed by atoms with E-state index in [0.717, 1.165) is 0 Å².